The summed E-state index contributed by atoms with van der Waals surface area (Å²) in [6.45, 7) is 1.87. The standard InChI is InChI=1S/C24H18ClN5O2/c1-14(29-23-19-18(31)11-12-26-22(19)27-13-28-23)21-20(25)16-9-5-6-10-17(16)24(32)30(21)15-7-3-2-4-8-15/h2-14H,1H3,(H2,26,27,28,29,31)/t14-/m0/s1. The maximum Gasteiger partial charge on any atom is 0.263 e. The molecule has 2 N–H and O–H groups in total. The summed E-state index contributed by atoms with van der Waals surface area (Å²) in [5.41, 5.74) is 1.30. The molecule has 8 heteroatoms. The number of H-pyrrole nitrogens is 1. The van der Waals surface area contributed by atoms with Crippen molar-refractivity contribution >= 4 is 39.2 Å². The fraction of sp³-hybridized carbons (Fsp3) is 0.0833. The molecule has 0 spiro atoms. The average molecular weight is 444 g/mol. The van der Waals surface area contributed by atoms with E-state index in [0.29, 0.717) is 44.0 Å². The predicted molar refractivity (Wildman–Crippen MR) is 127 cm³/mol. The van der Waals surface area contributed by atoms with Crippen molar-refractivity contribution in [2.75, 3.05) is 5.32 Å². The van der Waals surface area contributed by atoms with Crippen LogP contribution in [0.1, 0.15) is 18.7 Å². The van der Waals surface area contributed by atoms with Crippen molar-refractivity contribution in [3.8, 4) is 5.69 Å². The van der Waals surface area contributed by atoms with Crippen LogP contribution in [0.15, 0.2) is 82.8 Å². The van der Waals surface area contributed by atoms with Crippen LogP contribution in [0.2, 0.25) is 5.02 Å². The summed E-state index contributed by atoms with van der Waals surface area (Å²) in [6.07, 6.45) is 2.91. The summed E-state index contributed by atoms with van der Waals surface area (Å²) in [6, 6.07) is 17.5. The van der Waals surface area contributed by atoms with E-state index in [9.17, 15) is 9.59 Å². The molecule has 0 saturated heterocycles. The molecule has 5 aromatic rings. The van der Waals surface area contributed by atoms with Crippen molar-refractivity contribution in [3.63, 3.8) is 0 Å². The predicted octanol–water partition coefficient (Wildman–Crippen LogP) is 4.45. The highest BCUT2D eigenvalue weighted by Gasteiger charge is 2.22. The number of aromatic nitrogens is 4. The molecular weight excluding hydrogens is 426 g/mol. The molecule has 0 amide bonds. The lowest BCUT2D eigenvalue weighted by Crippen LogP contribution is -2.26. The molecular formula is C24H18ClN5O2. The Morgan fingerprint density at radius 2 is 1.69 bits per heavy atom. The lowest BCUT2D eigenvalue weighted by molar-refractivity contribution is 0.774. The molecule has 32 heavy (non-hydrogen) atoms. The average Bonchev–Trinajstić information content (AvgIpc) is 2.82. The monoisotopic (exact) mass is 443 g/mol. The van der Waals surface area contributed by atoms with Crippen LogP contribution in [0.25, 0.3) is 27.5 Å². The van der Waals surface area contributed by atoms with Gasteiger partial charge in [0.05, 0.1) is 16.8 Å². The Morgan fingerprint density at radius 1 is 0.969 bits per heavy atom. The Labute approximate surface area is 187 Å². The van der Waals surface area contributed by atoms with Crippen molar-refractivity contribution < 1.29 is 0 Å². The third kappa shape index (κ3) is 3.23. The molecule has 0 aliphatic rings. The second-order valence-electron chi connectivity index (χ2n) is 7.37. The highest BCUT2D eigenvalue weighted by atomic mass is 35.5. The van der Waals surface area contributed by atoms with Gasteiger partial charge in [-0.1, -0.05) is 48.0 Å². The molecule has 158 valence electrons. The second-order valence-corrected chi connectivity index (χ2v) is 7.75. The summed E-state index contributed by atoms with van der Waals surface area (Å²) >= 11 is 6.88. The number of nitrogens with zero attached hydrogens (tertiary/aromatic N) is 3. The minimum atomic E-state index is -0.460. The first kappa shape index (κ1) is 20.0. The van der Waals surface area contributed by atoms with Crippen LogP contribution < -0.4 is 16.3 Å². The van der Waals surface area contributed by atoms with Gasteiger partial charge in [0.1, 0.15) is 23.2 Å². The van der Waals surface area contributed by atoms with Gasteiger partial charge in [-0.05, 0) is 25.1 Å². The fourth-order valence-electron chi connectivity index (χ4n) is 3.94. The molecule has 5 rings (SSSR count). The number of halogens is 1. The molecule has 3 heterocycles. The Hall–Kier alpha value is -3.97. The molecule has 3 aromatic heterocycles. The quantitative estimate of drug-likeness (QED) is 0.428. The van der Waals surface area contributed by atoms with Crippen LogP contribution in [0.4, 0.5) is 5.82 Å². The summed E-state index contributed by atoms with van der Waals surface area (Å²) in [5.74, 6) is 0.362. The van der Waals surface area contributed by atoms with E-state index in [1.54, 1.807) is 10.6 Å². The first-order chi connectivity index (χ1) is 15.6. The Balaban J connectivity index is 1.75. The number of hydrogen-bond donors (Lipinski definition) is 2. The molecule has 0 aliphatic carbocycles. The Bertz CT molecular complexity index is 1570. The molecule has 1 atom stereocenters. The highest BCUT2D eigenvalue weighted by molar-refractivity contribution is 6.36. The SMILES string of the molecule is C[C@H](Nc1ncnc2[nH]ccc(=O)c12)c1c(Cl)c2ccccc2c(=O)n1-c1ccccc1. The van der Waals surface area contributed by atoms with Crippen LogP contribution in [-0.4, -0.2) is 19.5 Å². The maximum absolute atomic E-state index is 13.5. The van der Waals surface area contributed by atoms with Crippen molar-refractivity contribution in [2.45, 2.75) is 13.0 Å². The molecule has 7 nitrogen and oxygen atoms in total. The zero-order valence-electron chi connectivity index (χ0n) is 17.0. The van der Waals surface area contributed by atoms with E-state index in [1.807, 2.05) is 55.5 Å². The third-order valence-electron chi connectivity index (χ3n) is 5.39. The second kappa shape index (κ2) is 7.94. The summed E-state index contributed by atoms with van der Waals surface area (Å²) in [5, 5.41) is 5.26. The van der Waals surface area contributed by atoms with Gasteiger partial charge in [0.2, 0.25) is 0 Å². The van der Waals surface area contributed by atoms with Crippen molar-refractivity contribution in [2.24, 2.45) is 0 Å². The van der Waals surface area contributed by atoms with Gasteiger partial charge in [-0.2, -0.15) is 0 Å². The molecule has 2 aromatic carbocycles. The summed E-state index contributed by atoms with van der Waals surface area (Å²) in [4.78, 5) is 37.4. The molecule has 0 aliphatic heterocycles. The minimum Gasteiger partial charge on any atom is -0.361 e. The van der Waals surface area contributed by atoms with Gasteiger partial charge in [-0.3, -0.25) is 14.2 Å². The Morgan fingerprint density at radius 3 is 2.47 bits per heavy atom. The van der Waals surface area contributed by atoms with Crippen LogP contribution in [0, 0.1) is 0 Å². The van der Waals surface area contributed by atoms with E-state index in [4.69, 9.17) is 11.6 Å². The first-order valence-corrected chi connectivity index (χ1v) is 10.4. The number of para-hydroxylation sites is 1. The highest BCUT2D eigenvalue weighted by Crippen LogP contribution is 2.32. The minimum absolute atomic E-state index is 0.176. The number of nitrogens with one attached hydrogen (secondary N) is 2. The van der Waals surface area contributed by atoms with Gasteiger partial charge in [0.25, 0.3) is 5.56 Å². The van der Waals surface area contributed by atoms with Gasteiger partial charge < -0.3 is 10.3 Å². The van der Waals surface area contributed by atoms with E-state index in [2.05, 4.69) is 20.3 Å². The molecule has 0 fully saturated rings. The number of anilines is 1. The van der Waals surface area contributed by atoms with Crippen LogP contribution in [0.3, 0.4) is 0 Å². The third-order valence-corrected chi connectivity index (χ3v) is 5.79. The van der Waals surface area contributed by atoms with E-state index in [0.717, 1.165) is 0 Å². The van der Waals surface area contributed by atoms with Crippen molar-refractivity contribution in [3.05, 3.63) is 104 Å². The van der Waals surface area contributed by atoms with Gasteiger partial charge >= 0.3 is 0 Å². The van der Waals surface area contributed by atoms with E-state index >= 15 is 0 Å². The number of benzene rings is 2. The lowest BCUT2D eigenvalue weighted by atomic mass is 10.1. The molecule has 0 saturated carbocycles. The van der Waals surface area contributed by atoms with E-state index < -0.39 is 6.04 Å². The van der Waals surface area contributed by atoms with Gasteiger partial charge in [0.15, 0.2) is 5.43 Å². The van der Waals surface area contributed by atoms with Crippen LogP contribution in [0.5, 0.6) is 0 Å². The molecule has 0 unspecified atom stereocenters. The largest absolute Gasteiger partial charge is 0.361 e. The van der Waals surface area contributed by atoms with E-state index in [-0.39, 0.29) is 11.0 Å². The normalized spacial score (nSPS) is 12.2. The number of fused-ring (bicyclic) bond motifs is 2. The Kier molecular flexibility index (Phi) is 4.95. The number of rotatable bonds is 4. The summed E-state index contributed by atoms with van der Waals surface area (Å²) < 4.78 is 1.61. The maximum atomic E-state index is 13.5. The number of hydrogen-bond acceptors (Lipinski definition) is 5. The molecule has 0 radical (unpaired) electrons. The van der Waals surface area contributed by atoms with Crippen LogP contribution in [-0.2, 0) is 0 Å². The smallest absolute Gasteiger partial charge is 0.263 e. The summed E-state index contributed by atoms with van der Waals surface area (Å²) in [7, 11) is 0. The number of aromatic amines is 1. The van der Waals surface area contributed by atoms with Crippen molar-refractivity contribution in [1.29, 1.82) is 0 Å². The van der Waals surface area contributed by atoms with E-state index in [1.165, 1.54) is 18.6 Å². The first-order valence-electron chi connectivity index (χ1n) is 10.0. The van der Waals surface area contributed by atoms with Gasteiger partial charge in [0, 0.05) is 28.7 Å². The lowest BCUT2D eigenvalue weighted by Gasteiger charge is -2.23. The van der Waals surface area contributed by atoms with Crippen LogP contribution >= 0.6 is 11.6 Å². The zero-order valence-corrected chi connectivity index (χ0v) is 17.8. The fourth-order valence-corrected chi connectivity index (χ4v) is 4.35. The zero-order chi connectivity index (χ0) is 22.2. The van der Waals surface area contributed by atoms with Gasteiger partial charge in [-0.15, -0.1) is 0 Å². The van der Waals surface area contributed by atoms with Crippen molar-refractivity contribution in [1.82, 2.24) is 19.5 Å². The molecule has 0 bridgehead atoms. The topological polar surface area (TPSA) is 92.7 Å². The van der Waals surface area contributed by atoms with Gasteiger partial charge in [-0.25, -0.2) is 9.97 Å². The number of pyridine rings is 2.